The van der Waals surface area contributed by atoms with Gasteiger partial charge in [0, 0.05) is 12.6 Å². The summed E-state index contributed by atoms with van der Waals surface area (Å²) < 4.78 is 34.2. The smallest absolute Gasteiger partial charge is 0.385 e. The molecule has 7 nitrogen and oxygen atoms in total. The highest BCUT2D eigenvalue weighted by Crippen LogP contribution is 2.12. The molecular formula is C11H23NO6S. The Kier molecular flexibility index (Phi) is 8.90. The lowest BCUT2D eigenvalue weighted by atomic mass is 10.3. The minimum atomic E-state index is -4.23. The van der Waals surface area contributed by atoms with Gasteiger partial charge >= 0.3 is 16.3 Å². The van der Waals surface area contributed by atoms with Gasteiger partial charge in [-0.1, -0.05) is 20.3 Å². The number of aliphatic hydroxyl groups is 1. The maximum absolute atomic E-state index is 11.9. The van der Waals surface area contributed by atoms with Gasteiger partial charge in [-0.3, -0.25) is 0 Å². The Hall–Kier alpha value is -0.700. The number of hydrogen-bond acceptors (Lipinski definition) is 6. The number of unbranched alkanes of at least 4 members (excludes halogenated alkanes) is 1. The van der Waals surface area contributed by atoms with Crippen LogP contribution in [0.4, 0.5) is 0 Å². The molecule has 0 rings (SSSR count). The highest BCUT2D eigenvalue weighted by Gasteiger charge is 2.30. The predicted octanol–water partition coefficient (Wildman–Crippen LogP) is 0.641. The monoisotopic (exact) mass is 297 g/mol. The molecular weight excluding hydrogens is 274 g/mol. The lowest BCUT2D eigenvalue weighted by Gasteiger charge is -2.25. The second kappa shape index (κ2) is 9.24. The number of nitrogens with zero attached hydrogens (tertiary/aromatic N) is 1. The van der Waals surface area contributed by atoms with E-state index in [1.165, 1.54) is 0 Å². The fourth-order valence-corrected chi connectivity index (χ4v) is 2.39. The molecule has 0 aliphatic rings. The summed E-state index contributed by atoms with van der Waals surface area (Å²) in [5.74, 6) is -1.21. The van der Waals surface area contributed by atoms with Crippen LogP contribution in [0.5, 0.6) is 0 Å². The van der Waals surface area contributed by atoms with Crippen molar-refractivity contribution in [2.24, 2.45) is 0 Å². The minimum Gasteiger partial charge on any atom is -0.385 e. The largest absolute Gasteiger partial charge is 0.389 e. The molecule has 19 heavy (non-hydrogen) atoms. The summed E-state index contributed by atoms with van der Waals surface area (Å²) in [6.07, 6.45) is 2.31. The highest BCUT2D eigenvalue weighted by atomic mass is 32.2. The maximum Gasteiger partial charge on any atom is 0.389 e. The van der Waals surface area contributed by atoms with Crippen LogP contribution in [0.15, 0.2) is 0 Å². The van der Waals surface area contributed by atoms with Gasteiger partial charge in [0.05, 0.1) is 0 Å². The molecule has 0 saturated carbocycles. The van der Waals surface area contributed by atoms with Gasteiger partial charge in [0.25, 0.3) is 0 Å². The molecule has 8 heteroatoms. The van der Waals surface area contributed by atoms with Crippen LogP contribution in [0.25, 0.3) is 0 Å². The van der Waals surface area contributed by atoms with E-state index in [1.807, 2.05) is 13.8 Å². The zero-order valence-electron chi connectivity index (χ0n) is 11.7. The first-order valence-electron chi connectivity index (χ1n) is 6.31. The summed E-state index contributed by atoms with van der Waals surface area (Å²) in [6, 6.07) is -0.363. The summed E-state index contributed by atoms with van der Waals surface area (Å²) in [6.45, 7) is 4.78. The van der Waals surface area contributed by atoms with Crippen molar-refractivity contribution in [1.29, 1.82) is 0 Å². The number of ether oxygens (including phenoxy) is 1. The number of aliphatic hydroxyl groups excluding tert-OH is 1. The molecule has 0 amide bonds. The summed E-state index contributed by atoms with van der Waals surface area (Å²) in [5, 5.41) is 8.53. The van der Waals surface area contributed by atoms with Crippen molar-refractivity contribution in [3.8, 4) is 0 Å². The molecule has 0 heterocycles. The number of carbonyl (C=O) groups is 1. The molecule has 0 bridgehead atoms. The van der Waals surface area contributed by atoms with E-state index in [9.17, 15) is 13.2 Å². The van der Waals surface area contributed by atoms with Crippen molar-refractivity contribution in [3.63, 3.8) is 0 Å². The summed E-state index contributed by atoms with van der Waals surface area (Å²) in [7, 11) is -4.23. The van der Waals surface area contributed by atoms with Gasteiger partial charge in [0.2, 0.25) is 0 Å². The van der Waals surface area contributed by atoms with Crippen LogP contribution in [0.3, 0.4) is 0 Å². The van der Waals surface area contributed by atoms with Gasteiger partial charge in [0.15, 0.2) is 0 Å². The van der Waals surface area contributed by atoms with Crippen molar-refractivity contribution in [3.05, 3.63) is 0 Å². The van der Waals surface area contributed by atoms with Gasteiger partial charge in [-0.2, -0.15) is 8.42 Å². The lowest BCUT2D eigenvalue weighted by molar-refractivity contribution is -0.137. The van der Waals surface area contributed by atoms with Gasteiger partial charge in [-0.05, 0) is 19.8 Å². The first-order chi connectivity index (χ1) is 8.88. The van der Waals surface area contributed by atoms with E-state index in [0.717, 1.165) is 17.1 Å². The molecule has 0 fully saturated rings. The van der Waals surface area contributed by atoms with E-state index in [4.69, 9.17) is 9.84 Å². The van der Waals surface area contributed by atoms with E-state index < -0.39 is 22.9 Å². The molecule has 114 valence electrons. The Morgan fingerprint density at radius 2 is 2.00 bits per heavy atom. The maximum atomic E-state index is 11.9. The average molecular weight is 297 g/mol. The predicted molar refractivity (Wildman–Crippen MR) is 69.4 cm³/mol. The SMILES string of the molecule is CCCCOCN(C(C)CC)S(=O)(=O)OC(=O)CO. The van der Waals surface area contributed by atoms with Gasteiger partial charge in [0.1, 0.15) is 13.3 Å². The van der Waals surface area contributed by atoms with Crippen LogP contribution < -0.4 is 0 Å². The zero-order chi connectivity index (χ0) is 14.9. The molecule has 0 aliphatic carbocycles. The molecule has 1 N–H and O–H groups in total. The Balaban J connectivity index is 4.68. The number of hydrogen-bond donors (Lipinski definition) is 1. The van der Waals surface area contributed by atoms with Crippen molar-refractivity contribution < 1.29 is 27.2 Å². The van der Waals surface area contributed by atoms with Crippen LogP contribution in [0.1, 0.15) is 40.0 Å². The lowest BCUT2D eigenvalue weighted by Crippen LogP contribution is -2.42. The normalized spacial score (nSPS) is 13.5. The third kappa shape index (κ3) is 6.86. The number of carbonyl (C=O) groups excluding carboxylic acids is 1. The molecule has 0 aliphatic heterocycles. The third-order valence-corrected chi connectivity index (χ3v) is 3.99. The summed E-state index contributed by atoms with van der Waals surface area (Å²) in [4.78, 5) is 10.9. The van der Waals surface area contributed by atoms with Crippen molar-refractivity contribution in [2.45, 2.75) is 46.1 Å². The van der Waals surface area contributed by atoms with Crippen molar-refractivity contribution in [2.75, 3.05) is 19.9 Å². The first kappa shape index (κ1) is 18.3. The van der Waals surface area contributed by atoms with Gasteiger partial charge < -0.3 is 14.0 Å². The fourth-order valence-electron chi connectivity index (χ4n) is 1.21. The van der Waals surface area contributed by atoms with E-state index in [1.54, 1.807) is 6.92 Å². The van der Waals surface area contributed by atoms with Crippen molar-refractivity contribution >= 4 is 16.3 Å². The molecule has 0 aromatic carbocycles. The van der Waals surface area contributed by atoms with Crippen LogP contribution in [-0.2, 0) is 24.0 Å². The Morgan fingerprint density at radius 3 is 2.47 bits per heavy atom. The Labute approximate surface area is 114 Å². The molecule has 1 unspecified atom stereocenters. The van der Waals surface area contributed by atoms with Crippen LogP contribution in [0.2, 0.25) is 0 Å². The van der Waals surface area contributed by atoms with E-state index in [0.29, 0.717) is 13.0 Å². The minimum absolute atomic E-state index is 0.171. The second-order valence-corrected chi connectivity index (χ2v) is 5.60. The van der Waals surface area contributed by atoms with Crippen LogP contribution in [-0.4, -0.2) is 49.8 Å². The molecule has 0 saturated heterocycles. The second-order valence-electron chi connectivity index (χ2n) is 4.11. The first-order valence-corrected chi connectivity index (χ1v) is 7.68. The van der Waals surface area contributed by atoms with Crippen LogP contribution in [0, 0.1) is 0 Å². The standard InChI is InChI=1S/C11H23NO6S/c1-4-6-7-17-9-12(10(3)5-2)19(15,16)18-11(14)8-13/h10,13H,4-9H2,1-3H3. The molecule has 0 spiro atoms. The van der Waals surface area contributed by atoms with Gasteiger partial charge in [-0.15, -0.1) is 4.31 Å². The summed E-state index contributed by atoms with van der Waals surface area (Å²) in [5.41, 5.74) is 0. The highest BCUT2D eigenvalue weighted by molar-refractivity contribution is 7.84. The Morgan fingerprint density at radius 1 is 1.37 bits per heavy atom. The topological polar surface area (TPSA) is 93.1 Å². The quantitative estimate of drug-likeness (QED) is 0.470. The van der Waals surface area contributed by atoms with Gasteiger partial charge in [-0.25, -0.2) is 4.79 Å². The fraction of sp³-hybridized carbons (Fsp3) is 0.909. The zero-order valence-corrected chi connectivity index (χ0v) is 12.5. The van der Waals surface area contributed by atoms with Crippen molar-refractivity contribution in [1.82, 2.24) is 4.31 Å². The molecule has 0 radical (unpaired) electrons. The number of rotatable bonds is 10. The summed E-state index contributed by atoms with van der Waals surface area (Å²) >= 11 is 0. The molecule has 0 aromatic rings. The third-order valence-electron chi connectivity index (χ3n) is 2.56. The average Bonchev–Trinajstić information content (AvgIpc) is 2.37. The van der Waals surface area contributed by atoms with E-state index in [-0.39, 0.29) is 12.8 Å². The van der Waals surface area contributed by atoms with E-state index >= 15 is 0 Å². The molecule has 0 aromatic heterocycles. The van der Waals surface area contributed by atoms with Crippen LogP contribution >= 0.6 is 0 Å². The Bertz CT molecular complexity index is 356. The molecule has 1 atom stereocenters. The van der Waals surface area contributed by atoms with E-state index in [2.05, 4.69) is 4.18 Å².